The van der Waals surface area contributed by atoms with E-state index in [0.717, 1.165) is 0 Å². The van der Waals surface area contributed by atoms with Crippen molar-refractivity contribution in [1.29, 1.82) is 0 Å². The molecule has 2 N–H and O–H groups in total. The minimum atomic E-state index is -0.938. The third-order valence-corrected chi connectivity index (χ3v) is 2.40. The van der Waals surface area contributed by atoms with Gasteiger partial charge in [-0.2, -0.15) is 0 Å². The van der Waals surface area contributed by atoms with Crippen molar-refractivity contribution in [3.8, 4) is 11.8 Å². The number of hydrogen-bond acceptors (Lipinski definition) is 3. The summed E-state index contributed by atoms with van der Waals surface area (Å²) in [6.07, 6.45) is -0.104. The van der Waals surface area contributed by atoms with Gasteiger partial charge in [-0.1, -0.05) is 5.92 Å². The fraction of sp³-hybridized carbons (Fsp3) is 0.636. The number of urea groups is 1. The number of rotatable bonds is 3. The number of morpholine rings is 1. The Morgan fingerprint density at radius 1 is 1.59 bits per heavy atom. The summed E-state index contributed by atoms with van der Waals surface area (Å²) in [4.78, 5) is 23.9. The molecule has 1 heterocycles. The molecule has 1 unspecified atom stereocenters. The molecule has 2 amide bonds. The molecule has 0 aliphatic carbocycles. The van der Waals surface area contributed by atoms with Crippen LogP contribution in [0.3, 0.4) is 0 Å². The molecule has 0 bridgehead atoms. The van der Waals surface area contributed by atoms with Crippen molar-refractivity contribution in [1.82, 2.24) is 10.2 Å². The van der Waals surface area contributed by atoms with E-state index >= 15 is 0 Å². The predicted octanol–water partition coefficient (Wildman–Crippen LogP) is -0.105. The lowest BCUT2D eigenvalue weighted by Crippen LogP contribution is -2.53. The highest BCUT2D eigenvalue weighted by Crippen LogP contribution is 2.10. The zero-order chi connectivity index (χ0) is 12.7. The number of carbonyl (C=O) groups is 2. The Hall–Kier alpha value is -1.74. The minimum Gasteiger partial charge on any atom is -0.481 e. The normalized spacial score (nSPS) is 19.1. The molecule has 1 aliphatic rings. The Balaban J connectivity index is 2.53. The Morgan fingerprint density at radius 3 is 3.00 bits per heavy atom. The molecule has 1 rings (SSSR count). The van der Waals surface area contributed by atoms with Gasteiger partial charge in [-0.3, -0.25) is 4.79 Å². The smallest absolute Gasteiger partial charge is 0.318 e. The van der Waals surface area contributed by atoms with Gasteiger partial charge in [0.15, 0.2) is 0 Å². The average Bonchev–Trinajstić information content (AvgIpc) is 2.29. The lowest BCUT2D eigenvalue weighted by atomic mass is 10.1. The van der Waals surface area contributed by atoms with Crippen LogP contribution in [0.25, 0.3) is 0 Å². The summed E-state index contributed by atoms with van der Waals surface area (Å²) in [5.74, 6) is 4.45. The highest BCUT2D eigenvalue weighted by atomic mass is 16.5. The van der Waals surface area contributed by atoms with E-state index in [-0.39, 0.29) is 25.6 Å². The minimum absolute atomic E-state index is 0.104. The van der Waals surface area contributed by atoms with E-state index in [1.165, 1.54) is 4.90 Å². The number of amides is 2. The van der Waals surface area contributed by atoms with Crippen LogP contribution in [0.2, 0.25) is 0 Å². The van der Waals surface area contributed by atoms with E-state index in [1.807, 2.05) is 0 Å². The van der Waals surface area contributed by atoms with E-state index in [0.29, 0.717) is 13.2 Å². The molecule has 0 aromatic carbocycles. The van der Waals surface area contributed by atoms with Crippen LogP contribution >= 0.6 is 0 Å². The van der Waals surface area contributed by atoms with Crippen LogP contribution in [0, 0.1) is 11.8 Å². The van der Waals surface area contributed by atoms with E-state index in [2.05, 4.69) is 17.2 Å². The van der Waals surface area contributed by atoms with Gasteiger partial charge in [0.2, 0.25) is 0 Å². The van der Waals surface area contributed by atoms with E-state index in [4.69, 9.17) is 9.84 Å². The van der Waals surface area contributed by atoms with Crippen LogP contribution in [0.5, 0.6) is 0 Å². The Bertz CT molecular complexity index is 345. The molecule has 0 aromatic rings. The number of carbonyl (C=O) groups excluding carboxylic acids is 1. The third-order valence-electron chi connectivity index (χ3n) is 2.40. The summed E-state index contributed by atoms with van der Waals surface area (Å²) < 4.78 is 5.18. The maximum atomic E-state index is 11.8. The summed E-state index contributed by atoms with van der Waals surface area (Å²) in [7, 11) is 0. The summed E-state index contributed by atoms with van der Waals surface area (Å²) in [5.41, 5.74) is 0. The first-order chi connectivity index (χ1) is 8.15. The SMILES string of the molecule is CC#CCNC(=O)N1CCOCC1CC(=O)O. The van der Waals surface area contributed by atoms with Crippen molar-refractivity contribution in [2.24, 2.45) is 0 Å². The second-order valence-corrected chi connectivity index (χ2v) is 3.61. The standard InChI is InChI=1S/C11H16N2O4/c1-2-3-4-12-11(16)13-5-6-17-8-9(13)7-10(14)15/h9H,4-8H2,1H3,(H,12,16)(H,14,15). The molecular weight excluding hydrogens is 224 g/mol. The third kappa shape index (κ3) is 4.33. The second-order valence-electron chi connectivity index (χ2n) is 3.61. The largest absolute Gasteiger partial charge is 0.481 e. The molecule has 0 spiro atoms. The van der Waals surface area contributed by atoms with Crippen LogP contribution in [0.1, 0.15) is 13.3 Å². The Morgan fingerprint density at radius 2 is 2.35 bits per heavy atom. The van der Waals surface area contributed by atoms with E-state index in [9.17, 15) is 9.59 Å². The van der Waals surface area contributed by atoms with Crippen LogP contribution in [0.4, 0.5) is 4.79 Å². The topological polar surface area (TPSA) is 78.9 Å². The maximum Gasteiger partial charge on any atom is 0.318 e. The molecule has 6 heteroatoms. The molecule has 1 aliphatic heterocycles. The number of nitrogens with zero attached hydrogens (tertiary/aromatic N) is 1. The van der Waals surface area contributed by atoms with Crippen molar-refractivity contribution < 1.29 is 19.4 Å². The molecule has 6 nitrogen and oxygen atoms in total. The first-order valence-electron chi connectivity index (χ1n) is 5.38. The summed E-state index contributed by atoms with van der Waals surface area (Å²) in [6.45, 7) is 3.06. The molecule has 1 atom stereocenters. The monoisotopic (exact) mass is 240 g/mol. The number of carboxylic acids is 1. The van der Waals surface area contributed by atoms with Crippen molar-refractivity contribution in [2.45, 2.75) is 19.4 Å². The van der Waals surface area contributed by atoms with Gasteiger partial charge < -0.3 is 20.1 Å². The van der Waals surface area contributed by atoms with Crippen LogP contribution in [-0.4, -0.2) is 54.4 Å². The van der Waals surface area contributed by atoms with Gasteiger partial charge in [0, 0.05) is 6.54 Å². The number of nitrogens with one attached hydrogen (secondary N) is 1. The molecule has 1 saturated heterocycles. The molecule has 17 heavy (non-hydrogen) atoms. The highest BCUT2D eigenvalue weighted by Gasteiger charge is 2.28. The van der Waals surface area contributed by atoms with Crippen molar-refractivity contribution >= 4 is 12.0 Å². The number of hydrogen-bond donors (Lipinski definition) is 2. The van der Waals surface area contributed by atoms with Gasteiger partial charge in [0.1, 0.15) is 0 Å². The molecular formula is C11H16N2O4. The van der Waals surface area contributed by atoms with Crippen molar-refractivity contribution in [3.05, 3.63) is 0 Å². The Labute approximate surface area is 99.9 Å². The van der Waals surface area contributed by atoms with E-state index < -0.39 is 12.0 Å². The van der Waals surface area contributed by atoms with Gasteiger partial charge in [0.25, 0.3) is 0 Å². The van der Waals surface area contributed by atoms with Gasteiger partial charge in [-0.05, 0) is 6.92 Å². The van der Waals surface area contributed by atoms with Gasteiger partial charge >= 0.3 is 12.0 Å². The molecule has 0 radical (unpaired) electrons. The lowest BCUT2D eigenvalue weighted by Gasteiger charge is -2.34. The number of carboxylic acid groups (broad SMARTS) is 1. The second kappa shape index (κ2) is 6.76. The van der Waals surface area contributed by atoms with Gasteiger partial charge in [-0.15, -0.1) is 5.92 Å². The van der Waals surface area contributed by atoms with Crippen LogP contribution in [-0.2, 0) is 9.53 Å². The molecule has 1 fully saturated rings. The molecule has 0 aromatic heterocycles. The highest BCUT2D eigenvalue weighted by molar-refractivity contribution is 5.76. The fourth-order valence-corrected chi connectivity index (χ4v) is 1.60. The number of aliphatic carboxylic acids is 1. The lowest BCUT2D eigenvalue weighted by molar-refractivity contribution is -0.139. The zero-order valence-corrected chi connectivity index (χ0v) is 9.73. The van der Waals surface area contributed by atoms with Crippen molar-refractivity contribution in [3.63, 3.8) is 0 Å². The van der Waals surface area contributed by atoms with E-state index in [1.54, 1.807) is 6.92 Å². The maximum absolute atomic E-state index is 11.8. The average molecular weight is 240 g/mol. The van der Waals surface area contributed by atoms with Crippen LogP contribution in [0.15, 0.2) is 0 Å². The predicted molar refractivity (Wildman–Crippen MR) is 60.4 cm³/mol. The van der Waals surface area contributed by atoms with Crippen molar-refractivity contribution in [2.75, 3.05) is 26.3 Å². The summed E-state index contributed by atoms with van der Waals surface area (Å²) in [6, 6.07) is -0.696. The van der Waals surface area contributed by atoms with Crippen LogP contribution < -0.4 is 5.32 Å². The molecule has 94 valence electrons. The summed E-state index contributed by atoms with van der Waals surface area (Å²) in [5, 5.41) is 11.4. The Kier molecular flexibility index (Phi) is 5.30. The first-order valence-corrected chi connectivity index (χ1v) is 5.38. The fourth-order valence-electron chi connectivity index (χ4n) is 1.60. The van der Waals surface area contributed by atoms with Gasteiger partial charge in [0.05, 0.1) is 32.2 Å². The number of ether oxygens (including phenoxy) is 1. The quantitative estimate of drug-likeness (QED) is 0.675. The molecule has 0 saturated carbocycles. The summed E-state index contributed by atoms with van der Waals surface area (Å²) >= 11 is 0. The first kappa shape index (κ1) is 13.3. The zero-order valence-electron chi connectivity index (χ0n) is 9.73. The van der Waals surface area contributed by atoms with Gasteiger partial charge in [-0.25, -0.2) is 4.79 Å².